The van der Waals surface area contributed by atoms with E-state index in [0.717, 1.165) is 25.9 Å². The highest BCUT2D eigenvalue weighted by Gasteiger charge is 2.35. The lowest BCUT2D eigenvalue weighted by atomic mass is 9.89. The summed E-state index contributed by atoms with van der Waals surface area (Å²) in [6.07, 6.45) is 1.37. The number of anilines is 1. The van der Waals surface area contributed by atoms with Gasteiger partial charge in [-0.3, -0.25) is 14.9 Å². The van der Waals surface area contributed by atoms with E-state index in [0.29, 0.717) is 31.2 Å². The van der Waals surface area contributed by atoms with Crippen molar-refractivity contribution in [1.82, 2.24) is 15.5 Å². The normalized spacial score (nSPS) is 23.0. The zero-order chi connectivity index (χ0) is 22.8. The average molecular weight is 450 g/mol. The molecule has 3 amide bonds. The molecule has 4 rings (SSSR count). The Morgan fingerprint density at radius 1 is 1.16 bits per heavy atom. The second kappa shape index (κ2) is 9.40. The molecule has 0 radical (unpaired) electrons. The highest BCUT2D eigenvalue weighted by Crippen LogP contribution is 2.33. The van der Waals surface area contributed by atoms with Gasteiger partial charge in [0.05, 0.1) is 19.0 Å². The van der Waals surface area contributed by atoms with Gasteiger partial charge in [-0.05, 0) is 57.5 Å². The molecule has 174 valence electrons. The molecular weight excluding hydrogens is 422 g/mol. The average Bonchev–Trinajstić information content (AvgIpc) is 2.71. The predicted molar refractivity (Wildman–Crippen MR) is 112 cm³/mol. The molecule has 0 saturated carbocycles. The summed E-state index contributed by atoms with van der Waals surface area (Å²) in [4.78, 5) is 39.3. The number of imide groups is 1. The lowest BCUT2D eigenvalue weighted by Gasteiger charge is -2.40. The highest BCUT2D eigenvalue weighted by molar-refractivity contribution is 6.01. The molecule has 10 heteroatoms. The number of hydrogen-bond donors (Lipinski definition) is 2. The molecule has 3 saturated heterocycles. The molecule has 1 aromatic rings. The summed E-state index contributed by atoms with van der Waals surface area (Å²) in [5.74, 6) is -3.35. The van der Waals surface area contributed by atoms with Crippen LogP contribution in [-0.4, -0.2) is 68.7 Å². The van der Waals surface area contributed by atoms with Crippen LogP contribution in [0, 0.1) is 17.6 Å². The smallest absolute Gasteiger partial charge is 0.407 e. The Hall–Kier alpha value is -2.75. The second-order valence-corrected chi connectivity index (χ2v) is 8.89. The Morgan fingerprint density at radius 2 is 1.81 bits per heavy atom. The summed E-state index contributed by atoms with van der Waals surface area (Å²) in [6.45, 7) is 3.29. The van der Waals surface area contributed by atoms with Crippen molar-refractivity contribution in [1.29, 1.82) is 0 Å². The maximum atomic E-state index is 14.7. The van der Waals surface area contributed by atoms with E-state index in [2.05, 4.69) is 22.6 Å². The van der Waals surface area contributed by atoms with Crippen molar-refractivity contribution < 1.29 is 27.9 Å². The number of nitrogens with one attached hydrogen (secondary N) is 2. The molecule has 0 bridgehead atoms. The van der Waals surface area contributed by atoms with Crippen molar-refractivity contribution >= 4 is 23.6 Å². The fourth-order valence-electron chi connectivity index (χ4n) is 4.47. The molecule has 3 heterocycles. The van der Waals surface area contributed by atoms with E-state index in [-0.39, 0.29) is 24.5 Å². The predicted octanol–water partition coefficient (Wildman–Crippen LogP) is 1.74. The number of ether oxygens (including phenoxy) is 1. The van der Waals surface area contributed by atoms with Gasteiger partial charge in [0.2, 0.25) is 11.8 Å². The van der Waals surface area contributed by atoms with Gasteiger partial charge >= 0.3 is 6.09 Å². The van der Waals surface area contributed by atoms with Crippen LogP contribution in [-0.2, 0) is 14.3 Å². The zero-order valence-corrected chi connectivity index (χ0v) is 18.0. The Kier molecular flexibility index (Phi) is 6.59. The maximum Gasteiger partial charge on any atom is 0.407 e. The molecule has 3 fully saturated rings. The summed E-state index contributed by atoms with van der Waals surface area (Å²) >= 11 is 0. The van der Waals surface area contributed by atoms with Gasteiger partial charge in [-0.25, -0.2) is 13.6 Å². The van der Waals surface area contributed by atoms with E-state index in [1.165, 1.54) is 12.1 Å². The van der Waals surface area contributed by atoms with Crippen molar-refractivity contribution in [3.05, 3.63) is 29.3 Å². The molecule has 8 nitrogen and oxygen atoms in total. The summed E-state index contributed by atoms with van der Waals surface area (Å²) in [7, 11) is 2.08. The van der Waals surface area contributed by atoms with Gasteiger partial charge in [-0.2, -0.15) is 0 Å². The molecule has 1 unspecified atom stereocenters. The van der Waals surface area contributed by atoms with Crippen molar-refractivity contribution in [3.8, 4) is 0 Å². The summed E-state index contributed by atoms with van der Waals surface area (Å²) in [5.41, 5.74) is 0.00276. The van der Waals surface area contributed by atoms with Crippen molar-refractivity contribution in [2.45, 2.75) is 37.7 Å². The number of benzene rings is 1. The molecule has 1 atom stereocenters. The van der Waals surface area contributed by atoms with Crippen molar-refractivity contribution in [3.63, 3.8) is 0 Å². The largest absolute Gasteiger partial charge is 0.442 e. The second-order valence-electron chi connectivity index (χ2n) is 8.89. The number of likely N-dealkylation sites (tertiary alicyclic amines) is 1. The first-order chi connectivity index (χ1) is 15.3. The van der Waals surface area contributed by atoms with Crippen LogP contribution < -0.4 is 15.5 Å². The Morgan fingerprint density at radius 3 is 2.44 bits per heavy atom. The number of amides is 3. The quantitative estimate of drug-likeness (QED) is 0.665. The van der Waals surface area contributed by atoms with Crippen LogP contribution in [0.2, 0.25) is 0 Å². The van der Waals surface area contributed by atoms with E-state index in [4.69, 9.17) is 4.74 Å². The van der Waals surface area contributed by atoms with Crippen LogP contribution in [0.3, 0.4) is 0 Å². The lowest BCUT2D eigenvalue weighted by Crippen LogP contribution is -2.54. The molecule has 1 aromatic carbocycles. The van der Waals surface area contributed by atoms with Gasteiger partial charge < -0.3 is 19.9 Å². The lowest BCUT2D eigenvalue weighted by molar-refractivity contribution is -0.134. The summed E-state index contributed by atoms with van der Waals surface area (Å²) in [6, 6.07) is 2.36. The van der Waals surface area contributed by atoms with Gasteiger partial charge in [0.15, 0.2) is 0 Å². The van der Waals surface area contributed by atoms with Crippen LogP contribution in [0.4, 0.5) is 19.3 Å². The third-order valence-electron chi connectivity index (χ3n) is 6.51. The minimum atomic E-state index is -1.03. The topological polar surface area (TPSA) is 91.0 Å². The number of nitrogens with zero attached hydrogens (tertiary/aromatic N) is 2. The highest BCUT2D eigenvalue weighted by atomic mass is 19.1. The van der Waals surface area contributed by atoms with Gasteiger partial charge in [0, 0.05) is 24.2 Å². The van der Waals surface area contributed by atoms with E-state index >= 15 is 0 Å². The molecule has 0 spiro atoms. The van der Waals surface area contributed by atoms with Gasteiger partial charge in [0.1, 0.15) is 17.7 Å². The summed E-state index contributed by atoms with van der Waals surface area (Å²) < 4.78 is 34.7. The minimum Gasteiger partial charge on any atom is -0.442 e. The number of carbonyl (C=O) groups excluding carboxylic acids is 3. The fourth-order valence-corrected chi connectivity index (χ4v) is 4.47. The Labute approximate surface area is 185 Å². The van der Waals surface area contributed by atoms with Crippen LogP contribution >= 0.6 is 0 Å². The van der Waals surface area contributed by atoms with E-state index in [1.54, 1.807) is 4.90 Å². The van der Waals surface area contributed by atoms with Crippen molar-refractivity contribution in [2.24, 2.45) is 5.92 Å². The van der Waals surface area contributed by atoms with E-state index in [1.807, 2.05) is 0 Å². The first-order valence-electron chi connectivity index (χ1n) is 11.0. The molecule has 3 aliphatic heterocycles. The van der Waals surface area contributed by atoms with Gasteiger partial charge in [-0.15, -0.1) is 0 Å². The number of rotatable bonds is 5. The van der Waals surface area contributed by atoms with Crippen LogP contribution in [0.15, 0.2) is 12.1 Å². The van der Waals surface area contributed by atoms with Gasteiger partial charge in [-0.1, -0.05) is 0 Å². The first-order valence-corrected chi connectivity index (χ1v) is 11.0. The number of hydrogen-bond acceptors (Lipinski definition) is 6. The van der Waals surface area contributed by atoms with Crippen molar-refractivity contribution in [2.75, 3.05) is 44.7 Å². The molecule has 3 aliphatic rings. The molecule has 0 aliphatic carbocycles. The van der Waals surface area contributed by atoms with Gasteiger partial charge in [0.25, 0.3) is 0 Å². The number of alkyl carbamates (subject to hydrolysis) is 1. The molecule has 0 aromatic heterocycles. The number of carbonyl (C=O) groups is 3. The SMILES string of the molecule is CN1CCC(CNC(=O)OC2CN(c3cc(F)c(C4CCC(=O)NC4=O)c(F)c3)C2)CC1. The third-order valence-corrected chi connectivity index (χ3v) is 6.51. The van der Waals surface area contributed by atoms with Crippen LogP contribution in [0.1, 0.15) is 37.2 Å². The standard InChI is InChI=1S/C22H28F2N4O4/c1-27-6-4-13(5-7-27)10-25-22(31)32-15-11-28(12-15)14-8-17(23)20(18(24)9-14)16-2-3-19(29)26-21(16)30/h8-9,13,15-16H,2-7,10-12H2,1H3,(H,25,31)(H,26,29,30). The fraction of sp³-hybridized carbons (Fsp3) is 0.591. The Balaban J connectivity index is 1.27. The number of halogens is 2. The van der Waals surface area contributed by atoms with Crippen LogP contribution in [0.25, 0.3) is 0 Å². The monoisotopic (exact) mass is 450 g/mol. The molecule has 2 N–H and O–H groups in total. The first kappa shape index (κ1) is 22.4. The maximum absolute atomic E-state index is 14.7. The van der Waals surface area contributed by atoms with Crippen LogP contribution in [0.5, 0.6) is 0 Å². The third kappa shape index (κ3) is 5.01. The summed E-state index contributed by atoms with van der Waals surface area (Å²) in [5, 5.41) is 4.93. The zero-order valence-electron chi connectivity index (χ0n) is 18.0. The molecule has 32 heavy (non-hydrogen) atoms. The minimum absolute atomic E-state index is 0.0437. The molecular formula is C22H28F2N4O4. The number of piperidine rings is 2. The van der Waals surface area contributed by atoms with E-state index < -0.39 is 35.5 Å². The Bertz CT molecular complexity index is 875. The van der Waals surface area contributed by atoms with E-state index in [9.17, 15) is 23.2 Å².